The lowest BCUT2D eigenvalue weighted by molar-refractivity contribution is 0.120. The molecule has 4 rings (SSSR count). The van der Waals surface area contributed by atoms with Crippen LogP contribution in [-0.2, 0) is 11.8 Å². The Balaban J connectivity index is 1.64. The molecule has 2 aliphatic rings. The third-order valence-corrected chi connectivity index (χ3v) is 4.85. The van der Waals surface area contributed by atoms with Gasteiger partial charge in [0.2, 0.25) is 0 Å². The molecule has 6 heteroatoms. The standard InChI is InChI=1S/C16H23N5O/c1-21-16-13(10-18-21)15(17-9-12-7-4-8-22-12)19-14(20-16)11-5-2-3-6-11/h10-12H,2-9H2,1H3,(H,17,19,20)/t12-/m1/s1. The smallest absolute Gasteiger partial charge is 0.163 e. The Morgan fingerprint density at radius 2 is 2.09 bits per heavy atom. The molecule has 1 atom stereocenters. The first kappa shape index (κ1) is 13.9. The average Bonchev–Trinajstić information content (AvgIpc) is 3.27. The number of hydrogen-bond donors (Lipinski definition) is 1. The summed E-state index contributed by atoms with van der Waals surface area (Å²) in [7, 11) is 1.94. The van der Waals surface area contributed by atoms with Crippen LogP contribution < -0.4 is 5.32 Å². The molecule has 0 aromatic carbocycles. The van der Waals surface area contributed by atoms with E-state index in [0.29, 0.717) is 12.0 Å². The second-order valence-corrected chi connectivity index (χ2v) is 6.43. The minimum atomic E-state index is 0.302. The molecule has 0 radical (unpaired) electrons. The van der Waals surface area contributed by atoms with Gasteiger partial charge >= 0.3 is 0 Å². The van der Waals surface area contributed by atoms with Gasteiger partial charge in [0.25, 0.3) is 0 Å². The lowest BCUT2D eigenvalue weighted by atomic mass is 10.1. The highest BCUT2D eigenvalue weighted by atomic mass is 16.5. The molecule has 0 unspecified atom stereocenters. The molecule has 118 valence electrons. The van der Waals surface area contributed by atoms with Gasteiger partial charge < -0.3 is 10.1 Å². The number of anilines is 1. The lowest BCUT2D eigenvalue weighted by Crippen LogP contribution is -2.19. The van der Waals surface area contributed by atoms with Crippen LogP contribution in [0.4, 0.5) is 5.82 Å². The Hall–Kier alpha value is -1.69. The highest BCUT2D eigenvalue weighted by Crippen LogP contribution is 2.34. The summed E-state index contributed by atoms with van der Waals surface area (Å²) < 4.78 is 7.54. The van der Waals surface area contributed by atoms with Crippen molar-refractivity contribution in [3.63, 3.8) is 0 Å². The number of fused-ring (bicyclic) bond motifs is 1. The molecule has 0 bridgehead atoms. The van der Waals surface area contributed by atoms with Crippen molar-refractivity contribution in [1.29, 1.82) is 0 Å². The zero-order valence-electron chi connectivity index (χ0n) is 13.1. The Kier molecular flexibility index (Phi) is 3.70. The SMILES string of the molecule is Cn1ncc2c(NC[C@H]3CCCO3)nc(C3CCCC3)nc21. The summed E-state index contributed by atoms with van der Waals surface area (Å²) in [6.07, 6.45) is 9.42. The molecule has 1 aliphatic heterocycles. The van der Waals surface area contributed by atoms with Crippen molar-refractivity contribution in [2.45, 2.75) is 50.5 Å². The topological polar surface area (TPSA) is 64.9 Å². The highest BCUT2D eigenvalue weighted by molar-refractivity contribution is 5.86. The number of nitrogens with zero attached hydrogens (tertiary/aromatic N) is 4. The maximum absolute atomic E-state index is 5.70. The van der Waals surface area contributed by atoms with Gasteiger partial charge in [-0.05, 0) is 25.7 Å². The summed E-state index contributed by atoms with van der Waals surface area (Å²) in [5.41, 5.74) is 0.923. The normalized spacial score (nSPS) is 22.7. The van der Waals surface area contributed by atoms with Gasteiger partial charge in [0.15, 0.2) is 5.65 Å². The van der Waals surface area contributed by atoms with E-state index >= 15 is 0 Å². The first-order chi connectivity index (χ1) is 10.8. The molecule has 2 fully saturated rings. The predicted molar refractivity (Wildman–Crippen MR) is 85.0 cm³/mol. The van der Waals surface area contributed by atoms with Crippen LogP contribution in [0.3, 0.4) is 0 Å². The van der Waals surface area contributed by atoms with E-state index in [2.05, 4.69) is 10.4 Å². The zero-order chi connectivity index (χ0) is 14.9. The third-order valence-electron chi connectivity index (χ3n) is 4.85. The van der Waals surface area contributed by atoms with Crippen molar-refractivity contribution in [3.05, 3.63) is 12.0 Å². The van der Waals surface area contributed by atoms with Crippen LogP contribution in [0.2, 0.25) is 0 Å². The lowest BCUT2D eigenvalue weighted by Gasteiger charge is -2.14. The summed E-state index contributed by atoms with van der Waals surface area (Å²) >= 11 is 0. The van der Waals surface area contributed by atoms with E-state index in [9.17, 15) is 0 Å². The van der Waals surface area contributed by atoms with E-state index in [4.69, 9.17) is 14.7 Å². The number of ether oxygens (including phenoxy) is 1. The van der Waals surface area contributed by atoms with E-state index in [1.807, 2.05) is 17.9 Å². The second-order valence-electron chi connectivity index (χ2n) is 6.43. The van der Waals surface area contributed by atoms with Crippen LogP contribution in [0.1, 0.15) is 50.3 Å². The number of nitrogens with one attached hydrogen (secondary N) is 1. The van der Waals surface area contributed by atoms with Gasteiger partial charge in [0.1, 0.15) is 11.6 Å². The van der Waals surface area contributed by atoms with Gasteiger partial charge in [0, 0.05) is 26.1 Å². The van der Waals surface area contributed by atoms with E-state index in [0.717, 1.165) is 48.7 Å². The molecule has 1 aliphatic carbocycles. The molecule has 2 aromatic heterocycles. The van der Waals surface area contributed by atoms with Gasteiger partial charge in [0.05, 0.1) is 17.7 Å². The van der Waals surface area contributed by atoms with Gasteiger partial charge in [-0.15, -0.1) is 0 Å². The predicted octanol–water partition coefficient (Wildman–Crippen LogP) is 2.61. The van der Waals surface area contributed by atoms with Crippen molar-refractivity contribution in [2.24, 2.45) is 7.05 Å². The summed E-state index contributed by atoms with van der Waals surface area (Å²) in [6, 6.07) is 0. The van der Waals surface area contributed by atoms with E-state index in [1.165, 1.54) is 25.7 Å². The zero-order valence-corrected chi connectivity index (χ0v) is 13.1. The van der Waals surface area contributed by atoms with Crippen LogP contribution in [0.5, 0.6) is 0 Å². The minimum Gasteiger partial charge on any atom is -0.376 e. The van der Waals surface area contributed by atoms with Gasteiger partial charge in [-0.2, -0.15) is 5.10 Å². The molecule has 1 saturated heterocycles. The fraction of sp³-hybridized carbons (Fsp3) is 0.688. The highest BCUT2D eigenvalue weighted by Gasteiger charge is 2.23. The third kappa shape index (κ3) is 2.56. The largest absolute Gasteiger partial charge is 0.376 e. The number of aryl methyl sites for hydroxylation is 1. The van der Waals surface area contributed by atoms with Gasteiger partial charge in [-0.3, -0.25) is 4.68 Å². The van der Waals surface area contributed by atoms with Crippen LogP contribution in [0, 0.1) is 0 Å². The summed E-state index contributed by atoms with van der Waals surface area (Å²) in [5, 5.41) is 8.83. The molecule has 1 saturated carbocycles. The van der Waals surface area contributed by atoms with Gasteiger partial charge in [-0.25, -0.2) is 9.97 Å². The fourth-order valence-corrected chi connectivity index (χ4v) is 3.56. The Morgan fingerprint density at radius 3 is 2.86 bits per heavy atom. The molecule has 0 spiro atoms. The fourth-order valence-electron chi connectivity index (χ4n) is 3.56. The monoisotopic (exact) mass is 301 g/mol. The summed E-state index contributed by atoms with van der Waals surface area (Å²) in [5.74, 6) is 2.39. The molecule has 0 amide bonds. The number of aromatic nitrogens is 4. The van der Waals surface area contributed by atoms with E-state index in [-0.39, 0.29) is 0 Å². The van der Waals surface area contributed by atoms with Crippen molar-refractivity contribution < 1.29 is 4.74 Å². The Bertz CT molecular complexity index is 656. The van der Waals surface area contributed by atoms with Crippen molar-refractivity contribution >= 4 is 16.9 Å². The maximum atomic E-state index is 5.70. The van der Waals surface area contributed by atoms with Crippen LogP contribution >= 0.6 is 0 Å². The summed E-state index contributed by atoms with van der Waals surface area (Å²) in [6.45, 7) is 1.69. The first-order valence-corrected chi connectivity index (χ1v) is 8.36. The van der Waals surface area contributed by atoms with E-state index in [1.54, 1.807) is 0 Å². The quantitative estimate of drug-likeness (QED) is 0.940. The minimum absolute atomic E-state index is 0.302. The second kappa shape index (κ2) is 5.83. The Labute approximate surface area is 130 Å². The van der Waals surface area contributed by atoms with E-state index < -0.39 is 0 Å². The van der Waals surface area contributed by atoms with Crippen LogP contribution in [-0.4, -0.2) is 39.0 Å². The molecule has 22 heavy (non-hydrogen) atoms. The van der Waals surface area contributed by atoms with Crippen LogP contribution in [0.25, 0.3) is 11.0 Å². The average molecular weight is 301 g/mol. The van der Waals surface area contributed by atoms with Crippen LogP contribution in [0.15, 0.2) is 6.20 Å². The first-order valence-electron chi connectivity index (χ1n) is 8.36. The summed E-state index contributed by atoms with van der Waals surface area (Å²) in [4.78, 5) is 9.60. The van der Waals surface area contributed by atoms with Crippen molar-refractivity contribution in [3.8, 4) is 0 Å². The maximum Gasteiger partial charge on any atom is 0.163 e. The molecule has 6 nitrogen and oxygen atoms in total. The van der Waals surface area contributed by atoms with Crippen molar-refractivity contribution in [2.75, 3.05) is 18.5 Å². The number of hydrogen-bond acceptors (Lipinski definition) is 5. The molecular formula is C16H23N5O. The molecule has 2 aromatic rings. The molecule has 3 heterocycles. The number of rotatable bonds is 4. The van der Waals surface area contributed by atoms with Crippen molar-refractivity contribution in [1.82, 2.24) is 19.7 Å². The molecule has 1 N–H and O–H groups in total. The molecular weight excluding hydrogens is 278 g/mol. The Morgan fingerprint density at radius 1 is 1.23 bits per heavy atom. The van der Waals surface area contributed by atoms with Gasteiger partial charge in [-0.1, -0.05) is 12.8 Å².